The second-order valence-corrected chi connectivity index (χ2v) is 6.22. The first-order valence-corrected chi connectivity index (χ1v) is 9.01. The molecule has 0 atom stereocenters. The van der Waals surface area contributed by atoms with Gasteiger partial charge in [-0.15, -0.1) is 0 Å². The molecule has 0 spiro atoms. The maximum absolute atomic E-state index is 12.6. The minimum absolute atomic E-state index is 0.176. The van der Waals surface area contributed by atoms with Gasteiger partial charge >= 0.3 is 0 Å². The number of hydrogen-bond acceptors (Lipinski definition) is 4. The van der Waals surface area contributed by atoms with Gasteiger partial charge in [0.05, 0.1) is 22.0 Å². The third-order valence-electron chi connectivity index (χ3n) is 3.87. The summed E-state index contributed by atoms with van der Waals surface area (Å²) in [6, 6.07) is 1.55. The van der Waals surface area contributed by atoms with Gasteiger partial charge in [0.15, 0.2) is 5.75 Å². The molecule has 0 aliphatic carbocycles. The molecular weight excluding hydrogens is 349 g/mol. The fourth-order valence-corrected chi connectivity index (χ4v) is 3.32. The van der Waals surface area contributed by atoms with Crippen LogP contribution in [0.4, 0.5) is 0 Å². The largest absolute Gasteiger partial charge is 0.488 e. The van der Waals surface area contributed by atoms with E-state index >= 15 is 0 Å². The quantitative estimate of drug-likeness (QED) is 0.803. The Labute approximate surface area is 152 Å². The topological polar surface area (TPSA) is 47.4 Å². The summed E-state index contributed by atoms with van der Waals surface area (Å²) in [4.78, 5) is 19.5. The van der Waals surface area contributed by atoms with Gasteiger partial charge < -0.3 is 4.74 Å². The smallest absolute Gasteiger partial charge is 0.262 e. The van der Waals surface area contributed by atoms with E-state index in [-0.39, 0.29) is 5.56 Å². The van der Waals surface area contributed by atoms with Gasteiger partial charge in [0.25, 0.3) is 5.56 Å². The molecule has 0 unspecified atom stereocenters. The molecule has 0 saturated heterocycles. The summed E-state index contributed by atoms with van der Waals surface area (Å²) in [6.07, 6.45) is 1.02. The Morgan fingerprint density at radius 1 is 1.29 bits per heavy atom. The van der Waals surface area contributed by atoms with Gasteiger partial charge in [-0.2, -0.15) is 0 Å². The lowest BCUT2D eigenvalue weighted by Gasteiger charge is -2.20. The van der Waals surface area contributed by atoms with Crippen LogP contribution in [0.1, 0.15) is 33.0 Å². The second-order valence-electron chi connectivity index (χ2n) is 5.41. The number of halogens is 2. The van der Waals surface area contributed by atoms with Crippen LogP contribution in [0.25, 0.3) is 10.9 Å². The SMILES string of the molecule is CC.CCCN1CCOc2c(Cl)cc(Cl)c3c(=O)n(C)c(nc23)C1. The predicted octanol–water partition coefficient (Wildman–Crippen LogP) is 3.87. The molecule has 0 fully saturated rings. The Bertz CT molecular complexity index is 790. The molecule has 1 aromatic heterocycles. The number of nitrogens with zero attached hydrogens (tertiary/aromatic N) is 3. The summed E-state index contributed by atoms with van der Waals surface area (Å²) in [5.74, 6) is 1.13. The Morgan fingerprint density at radius 3 is 2.67 bits per heavy atom. The average molecular weight is 372 g/mol. The zero-order valence-electron chi connectivity index (χ0n) is 14.5. The third-order valence-corrected chi connectivity index (χ3v) is 4.45. The Morgan fingerprint density at radius 2 is 2.00 bits per heavy atom. The van der Waals surface area contributed by atoms with E-state index in [1.165, 1.54) is 0 Å². The van der Waals surface area contributed by atoms with E-state index in [0.717, 1.165) is 19.5 Å². The number of aromatic nitrogens is 2. The van der Waals surface area contributed by atoms with Gasteiger partial charge in [0.2, 0.25) is 0 Å². The minimum atomic E-state index is -0.176. The molecule has 3 rings (SSSR count). The molecule has 5 nitrogen and oxygen atoms in total. The fourth-order valence-electron chi connectivity index (χ4n) is 2.73. The predicted molar refractivity (Wildman–Crippen MR) is 99.4 cm³/mol. The first kappa shape index (κ1) is 19.0. The van der Waals surface area contributed by atoms with Crippen LogP contribution in [0.2, 0.25) is 10.0 Å². The van der Waals surface area contributed by atoms with Crippen molar-refractivity contribution in [2.75, 3.05) is 19.7 Å². The molecule has 7 heteroatoms. The first-order chi connectivity index (χ1) is 11.5. The van der Waals surface area contributed by atoms with Crippen LogP contribution < -0.4 is 10.3 Å². The molecule has 2 bridgehead atoms. The second kappa shape index (κ2) is 8.19. The fraction of sp³-hybridized carbons (Fsp3) is 0.529. The third kappa shape index (κ3) is 3.53. The Hall–Kier alpha value is -1.30. The minimum Gasteiger partial charge on any atom is -0.488 e. The van der Waals surface area contributed by atoms with Gasteiger partial charge in [-0.05, 0) is 19.0 Å². The van der Waals surface area contributed by atoms with Gasteiger partial charge in [-0.25, -0.2) is 4.98 Å². The van der Waals surface area contributed by atoms with E-state index < -0.39 is 0 Å². The molecule has 0 saturated carbocycles. The summed E-state index contributed by atoms with van der Waals surface area (Å²) in [5, 5.41) is 1.04. The molecule has 0 N–H and O–H groups in total. The van der Waals surface area contributed by atoms with Crippen molar-refractivity contribution in [3.05, 3.63) is 32.3 Å². The molecule has 2 heterocycles. The van der Waals surface area contributed by atoms with Gasteiger partial charge in [0, 0.05) is 13.6 Å². The number of ether oxygens (including phenoxy) is 1. The zero-order chi connectivity index (χ0) is 17.9. The van der Waals surface area contributed by atoms with Crippen LogP contribution in [0.15, 0.2) is 10.9 Å². The van der Waals surface area contributed by atoms with E-state index in [1.54, 1.807) is 17.7 Å². The molecule has 2 aromatic rings. The monoisotopic (exact) mass is 371 g/mol. The summed E-state index contributed by atoms with van der Waals surface area (Å²) in [5.41, 5.74) is 0.277. The highest BCUT2D eigenvalue weighted by Gasteiger charge is 2.21. The number of hydrogen-bond donors (Lipinski definition) is 0. The summed E-state index contributed by atoms with van der Waals surface area (Å²) >= 11 is 12.4. The lowest BCUT2D eigenvalue weighted by molar-refractivity contribution is 0.201. The van der Waals surface area contributed by atoms with Gasteiger partial charge in [-0.1, -0.05) is 44.0 Å². The highest BCUT2D eigenvalue weighted by atomic mass is 35.5. The van der Waals surface area contributed by atoms with Gasteiger partial charge in [-0.3, -0.25) is 14.3 Å². The van der Waals surface area contributed by atoms with E-state index in [1.807, 2.05) is 13.8 Å². The standard InChI is InChI=1S/C15H17Cl2N3O2.C2H6/c1-3-4-20-5-6-22-14-10(17)7-9(16)12-13(14)18-11(8-20)19(2)15(12)21;1-2/h7H,3-6,8H2,1-2H3;1-2H3. The Kier molecular flexibility index (Phi) is 6.49. The molecule has 0 radical (unpaired) electrons. The zero-order valence-corrected chi connectivity index (χ0v) is 16.0. The number of rotatable bonds is 2. The van der Waals surface area contributed by atoms with Crippen LogP contribution in [0.5, 0.6) is 5.75 Å². The van der Waals surface area contributed by atoms with Crippen LogP contribution in [0.3, 0.4) is 0 Å². The maximum atomic E-state index is 12.6. The van der Waals surface area contributed by atoms with E-state index in [4.69, 9.17) is 27.9 Å². The highest BCUT2D eigenvalue weighted by Crippen LogP contribution is 2.36. The summed E-state index contributed by atoms with van der Waals surface area (Å²) < 4.78 is 7.36. The van der Waals surface area contributed by atoms with E-state index in [9.17, 15) is 4.79 Å². The van der Waals surface area contributed by atoms with Crippen molar-refractivity contribution in [2.45, 2.75) is 33.7 Å². The Balaban J connectivity index is 0.00000100. The molecule has 132 valence electrons. The van der Waals surface area contributed by atoms with Crippen LogP contribution >= 0.6 is 23.2 Å². The van der Waals surface area contributed by atoms with Crippen LogP contribution in [-0.2, 0) is 13.6 Å². The lowest BCUT2D eigenvalue weighted by Crippen LogP contribution is -2.32. The van der Waals surface area contributed by atoms with Crippen molar-refractivity contribution < 1.29 is 4.74 Å². The molecule has 0 amide bonds. The normalized spacial score (nSPS) is 14.4. The first-order valence-electron chi connectivity index (χ1n) is 8.25. The molecule has 1 aromatic carbocycles. The van der Waals surface area contributed by atoms with Crippen molar-refractivity contribution in [2.24, 2.45) is 7.05 Å². The number of benzene rings is 1. The average Bonchev–Trinajstić information content (AvgIpc) is 2.64. The van der Waals surface area contributed by atoms with Crippen LogP contribution in [-0.4, -0.2) is 34.1 Å². The van der Waals surface area contributed by atoms with Crippen LogP contribution in [0, 0.1) is 0 Å². The summed E-state index contributed by atoms with van der Waals surface area (Å²) in [7, 11) is 1.72. The molecule has 1 aliphatic rings. The summed E-state index contributed by atoms with van der Waals surface area (Å²) in [6.45, 7) is 8.89. The van der Waals surface area contributed by atoms with Crippen molar-refractivity contribution in [3.63, 3.8) is 0 Å². The lowest BCUT2D eigenvalue weighted by atomic mass is 10.2. The van der Waals surface area contributed by atoms with Crippen molar-refractivity contribution in [1.82, 2.24) is 14.5 Å². The molecular formula is C17H23Cl2N3O2. The molecule has 1 aliphatic heterocycles. The van der Waals surface area contributed by atoms with E-state index in [0.29, 0.717) is 45.7 Å². The highest BCUT2D eigenvalue weighted by molar-refractivity contribution is 6.39. The maximum Gasteiger partial charge on any atom is 0.262 e. The molecule has 24 heavy (non-hydrogen) atoms. The van der Waals surface area contributed by atoms with E-state index in [2.05, 4.69) is 16.8 Å². The number of fused-ring (bicyclic) bond motifs is 1. The van der Waals surface area contributed by atoms with Gasteiger partial charge in [0.1, 0.15) is 17.9 Å². The van der Waals surface area contributed by atoms with Crippen molar-refractivity contribution >= 4 is 34.1 Å². The van der Waals surface area contributed by atoms with Crippen molar-refractivity contribution in [1.29, 1.82) is 0 Å². The van der Waals surface area contributed by atoms with Crippen molar-refractivity contribution in [3.8, 4) is 5.75 Å².